The SMILES string of the molecule is C[C@H](OCc1ccccc1)[C@@H](NC(=O)c1c(NC(=O)OCC2c3ccccc3-c3ccccc32)cnn1C)C(=O)O. The Morgan fingerprint density at radius 1 is 0.951 bits per heavy atom. The van der Waals surface area contributed by atoms with Crippen LogP contribution in [0, 0.1) is 0 Å². The van der Waals surface area contributed by atoms with Crippen LogP contribution in [0.3, 0.4) is 0 Å². The molecule has 2 atom stereocenters. The van der Waals surface area contributed by atoms with Crippen molar-refractivity contribution in [1.29, 1.82) is 0 Å². The molecular formula is C31H30N4O6. The summed E-state index contributed by atoms with van der Waals surface area (Å²) in [4.78, 5) is 38.0. The first kappa shape index (κ1) is 27.6. The van der Waals surface area contributed by atoms with Gasteiger partial charge in [-0.1, -0.05) is 78.9 Å². The van der Waals surface area contributed by atoms with Crippen molar-refractivity contribution in [1.82, 2.24) is 15.1 Å². The topological polar surface area (TPSA) is 132 Å². The first-order valence-corrected chi connectivity index (χ1v) is 13.2. The van der Waals surface area contributed by atoms with Crippen molar-refractivity contribution in [2.24, 2.45) is 7.05 Å². The largest absolute Gasteiger partial charge is 0.480 e. The number of amides is 2. The number of fused-ring (bicyclic) bond motifs is 3. The number of carboxylic acid groups (broad SMARTS) is 1. The lowest BCUT2D eigenvalue weighted by Gasteiger charge is -2.22. The number of benzene rings is 3. The lowest BCUT2D eigenvalue weighted by atomic mass is 9.98. The van der Waals surface area contributed by atoms with Gasteiger partial charge in [0.05, 0.1) is 24.6 Å². The van der Waals surface area contributed by atoms with Crippen molar-refractivity contribution in [3.63, 3.8) is 0 Å². The van der Waals surface area contributed by atoms with Gasteiger partial charge in [-0.2, -0.15) is 5.10 Å². The van der Waals surface area contributed by atoms with Gasteiger partial charge < -0.3 is 19.9 Å². The van der Waals surface area contributed by atoms with Crippen LogP contribution >= 0.6 is 0 Å². The van der Waals surface area contributed by atoms with Crippen LogP contribution < -0.4 is 10.6 Å². The van der Waals surface area contributed by atoms with Crippen molar-refractivity contribution in [3.8, 4) is 11.1 Å². The second-order valence-corrected chi connectivity index (χ2v) is 9.77. The molecule has 0 saturated heterocycles. The molecule has 2 amide bonds. The highest BCUT2D eigenvalue weighted by Gasteiger charge is 2.31. The number of aryl methyl sites for hydroxylation is 1. The number of rotatable bonds is 10. The van der Waals surface area contributed by atoms with E-state index in [1.165, 1.54) is 17.9 Å². The number of carbonyl (C=O) groups is 3. The summed E-state index contributed by atoms with van der Waals surface area (Å²) in [5, 5.41) is 18.9. The van der Waals surface area contributed by atoms with E-state index in [9.17, 15) is 19.5 Å². The summed E-state index contributed by atoms with van der Waals surface area (Å²) in [5.41, 5.74) is 5.30. The fraction of sp³-hybridized carbons (Fsp3) is 0.226. The Bertz CT molecular complexity index is 1520. The van der Waals surface area contributed by atoms with E-state index in [2.05, 4.69) is 15.7 Å². The minimum atomic E-state index is -1.34. The lowest BCUT2D eigenvalue weighted by molar-refractivity contribution is -0.143. The lowest BCUT2D eigenvalue weighted by Crippen LogP contribution is -2.49. The monoisotopic (exact) mass is 554 g/mol. The highest BCUT2D eigenvalue weighted by Crippen LogP contribution is 2.44. The molecule has 41 heavy (non-hydrogen) atoms. The molecule has 1 aliphatic rings. The average Bonchev–Trinajstić information content (AvgIpc) is 3.50. The molecule has 1 heterocycles. The van der Waals surface area contributed by atoms with Crippen LogP contribution in [0.25, 0.3) is 11.1 Å². The molecule has 1 aromatic heterocycles. The highest BCUT2D eigenvalue weighted by atomic mass is 16.5. The Labute approximate surface area is 236 Å². The molecule has 10 heteroatoms. The third-order valence-electron chi connectivity index (χ3n) is 7.11. The minimum Gasteiger partial charge on any atom is -0.480 e. The Morgan fingerprint density at radius 2 is 1.56 bits per heavy atom. The number of nitrogens with one attached hydrogen (secondary N) is 2. The Kier molecular flexibility index (Phi) is 8.11. The van der Waals surface area contributed by atoms with Crippen molar-refractivity contribution in [2.75, 3.05) is 11.9 Å². The standard InChI is InChI=1S/C31H30N4O6/c1-19(40-17-20-10-4-3-5-11-20)27(30(37)38)34-29(36)28-26(16-32-35(28)2)33-31(39)41-18-25-23-14-8-6-12-21(23)22-13-7-9-15-24(22)25/h3-16,19,25,27H,17-18H2,1-2H3,(H,33,39)(H,34,36)(H,37,38)/t19-,27+/m0/s1. The first-order chi connectivity index (χ1) is 19.8. The van der Waals surface area contributed by atoms with Crippen LogP contribution in [-0.4, -0.2) is 51.6 Å². The van der Waals surface area contributed by atoms with Gasteiger partial charge in [-0.05, 0) is 34.7 Å². The second-order valence-electron chi connectivity index (χ2n) is 9.77. The zero-order chi connectivity index (χ0) is 28.9. The molecule has 3 N–H and O–H groups in total. The van der Waals surface area contributed by atoms with Crippen molar-refractivity contribution in [3.05, 3.63) is 107 Å². The molecule has 0 bridgehead atoms. The maximum atomic E-state index is 13.2. The van der Waals surface area contributed by atoms with E-state index in [0.717, 1.165) is 27.8 Å². The third kappa shape index (κ3) is 5.97. The summed E-state index contributed by atoms with van der Waals surface area (Å²) < 4.78 is 12.6. The van der Waals surface area contributed by atoms with Crippen molar-refractivity contribution >= 4 is 23.7 Å². The van der Waals surface area contributed by atoms with Crippen LogP contribution in [0.5, 0.6) is 0 Å². The van der Waals surface area contributed by atoms with Gasteiger partial charge in [-0.25, -0.2) is 9.59 Å². The number of carbonyl (C=O) groups excluding carboxylic acids is 2. The first-order valence-electron chi connectivity index (χ1n) is 13.2. The van der Waals surface area contributed by atoms with E-state index in [1.807, 2.05) is 78.9 Å². The van der Waals surface area contributed by atoms with Crippen LogP contribution in [0.4, 0.5) is 10.5 Å². The maximum absolute atomic E-state index is 13.2. The van der Waals surface area contributed by atoms with Gasteiger partial charge in [0.15, 0.2) is 6.04 Å². The van der Waals surface area contributed by atoms with E-state index < -0.39 is 30.1 Å². The minimum absolute atomic E-state index is 0.0278. The number of hydrogen-bond donors (Lipinski definition) is 3. The zero-order valence-corrected chi connectivity index (χ0v) is 22.6. The molecule has 1 aliphatic carbocycles. The number of anilines is 1. The molecule has 0 saturated carbocycles. The Balaban J connectivity index is 1.23. The molecule has 0 radical (unpaired) electrons. The van der Waals surface area contributed by atoms with E-state index >= 15 is 0 Å². The van der Waals surface area contributed by atoms with Gasteiger partial charge >= 0.3 is 12.1 Å². The average molecular weight is 555 g/mol. The van der Waals surface area contributed by atoms with Gasteiger partial charge in [-0.15, -0.1) is 0 Å². The zero-order valence-electron chi connectivity index (χ0n) is 22.6. The predicted molar refractivity (Wildman–Crippen MR) is 151 cm³/mol. The Morgan fingerprint density at radius 3 is 2.20 bits per heavy atom. The molecular weight excluding hydrogens is 524 g/mol. The molecule has 0 spiro atoms. The van der Waals surface area contributed by atoms with E-state index in [0.29, 0.717) is 0 Å². The van der Waals surface area contributed by atoms with Gasteiger partial charge in [0.2, 0.25) is 0 Å². The van der Waals surface area contributed by atoms with Gasteiger partial charge in [0.25, 0.3) is 5.91 Å². The van der Waals surface area contributed by atoms with Gasteiger partial charge in [0, 0.05) is 13.0 Å². The van der Waals surface area contributed by atoms with Crippen molar-refractivity contribution in [2.45, 2.75) is 31.6 Å². The van der Waals surface area contributed by atoms with Crippen molar-refractivity contribution < 1.29 is 29.0 Å². The second kappa shape index (κ2) is 12.1. The summed E-state index contributed by atoms with van der Waals surface area (Å²) in [5.74, 6) is -2.12. The summed E-state index contributed by atoms with van der Waals surface area (Å²) in [7, 11) is 1.52. The fourth-order valence-electron chi connectivity index (χ4n) is 5.03. The molecule has 4 aromatic rings. The number of hydrogen-bond acceptors (Lipinski definition) is 6. The predicted octanol–water partition coefficient (Wildman–Crippen LogP) is 4.57. The molecule has 0 unspecified atom stereocenters. The molecule has 0 aliphatic heterocycles. The van der Waals surface area contributed by atoms with Gasteiger partial charge in [0.1, 0.15) is 12.3 Å². The quantitative estimate of drug-likeness (QED) is 0.262. The highest BCUT2D eigenvalue weighted by molar-refractivity contribution is 6.02. The Hall–Kier alpha value is -4.96. The van der Waals surface area contributed by atoms with Crippen LogP contribution in [0.15, 0.2) is 85.1 Å². The summed E-state index contributed by atoms with van der Waals surface area (Å²) >= 11 is 0. The number of aromatic nitrogens is 2. The third-order valence-corrected chi connectivity index (χ3v) is 7.11. The molecule has 5 rings (SSSR count). The molecule has 3 aromatic carbocycles. The van der Waals surface area contributed by atoms with E-state index in [4.69, 9.17) is 9.47 Å². The summed E-state index contributed by atoms with van der Waals surface area (Å²) in [6, 6.07) is 24.0. The number of ether oxygens (including phenoxy) is 2. The summed E-state index contributed by atoms with van der Waals surface area (Å²) in [6.45, 7) is 1.85. The van der Waals surface area contributed by atoms with E-state index in [-0.39, 0.29) is 30.5 Å². The van der Waals surface area contributed by atoms with Crippen LogP contribution in [-0.2, 0) is 27.9 Å². The number of carboxylic acids is 1. The van der Waals surface area contributed by atoms with Gasteiger partial charge in [-0.3, -0.25) is 14.8 Å². The number of nitrogens with zero attached hydrogens (tertiary/aromatic N) is 2. The maximum Gasteiger partial charge on any atom is 0.411 e. The molecule has 10 nitrogen and oxygen atoms in total. The van der Waals surface area contributed by atoms with Crippen LogP contribution in [0.2, 0.25) is 0 Å². The fourth-order valence-corrected chi connectivity index (χ4v) is 5.03. The normalized spacial score (nSPS) is 13.5. The molecule has 0 fully saturated rings. The smallest absolute Gasteiger partial charge is 0.411 e. The number of aliphatic carboxylic acids is 1. The molecule has 210 valence electrons. The summed E-state index contributed by atoms with van der Waals surface area (Å²) in [6.07, 6.45) is -0.298. The van der Waals surface area contributed by atoms with Crippen LogP contribution in [0.1, 0.15) is 40.0 Å². The van der Waals surface area contributed by atoms with E-state index in [1.54, 1.807) is 6.92 Å².